The van der Waals surface area contributed by atoms with Gasteiger partial charge in [0.05, 0.1) is 17.6 Å². The second-order valence-corrected chi connectivity index (χ2v) is 5.08. The smallest absolute Gasteiger partial charge is 0.335 e. The van der Waals surface area contributed by atoms with Gasteiger partial charge < -0.3 is 5.11 Å². The largest absolute Gasteiger partial charge is 0.478 e. The Morgan fingerprint density at radius 3 is 3.00 bits per heavy atom. The summed E-state index contributed by atoms with van der Waals surface area (Å²) in [6, 6.07) is 4.77. The number of aromatic carboxylic acids is 1. The lowest BCUT2D eigenvalue weighted by Gasteiger charge is -2.00. The number of hydrogen-bond donors (Lipinski definition) is 1. The Hall–Kier alpha value is -2.28. The molecule has 0 saturated heterocycles. The van der Waals surface area contributed by atoms with Gasteiger partial charge in [-0.1, -0.05) is 5.21 Å². The molecule has 3 aromatic rings. The van der Waals surface area contributed by atoms with Crippen molar-refractivity contribution in [2.75, 3.05) is 0 Å². The quantitative estimate of drug-likeness (QED) is 0.789. The number of rotatable bonds is 3. The van der Waals surface area contributed by atoms with Gasteiger partial charge in [-0.25, -0.2) is 14.5 Å². The van der Waals surface area contributed by atoms with Crippen molar-refractivity contribution >= 4 is 28.3 Å². The van der Waals surface area contributed by atoms with E-state index in [1.807, 2.05) is 12.3 Å². The van der Waals surface area contributed by atoms with Gasteiger partial charge in [0.1, 0.15) is 10.5 Å². The summed E-state index contributed by atoms with van der Waals surface area (Å²) < 4.78 is 1.67. The van der Waals surface area contributed by atoms with Crippen LogP contribution in [0.3, 0.4) is 0 Å². The first-order chi connectivity index (χ1) is 9.13. The number of aromatic nitrogens is 4. The molecule has 0 amide bonds. The predicted molar refractivity (Wildman–Crippen MR) is 70.4 cm³/mol. The van der Waals surface area contributed by atoms with Crippen LogP contribution in [0.15, 0.2) is 23.6 Å². The second-order valence-electron chi connectivity index (χ2n) is 4.14. The highest BCUT2D eigenvalue weighted by Crippen LogP contribution is 2.16. The van der Waals surface area contributed by atoms with Crippen LogP contribution in [0.25, 0.3) is 11.0 Å². The van der Waals surface area contributed by atoms with Gasteiger partial charge in [0, 0.05) is 11.1 Å². The third kappa shape index (κ3) is 2.19. The van der Waals surface area contributed by atoms with Gasteiger partial charge in [0.25, 0.3) is 0 Å². The SMILES string of the molecule is Cc1csc(Cn2nnc3ccc(C(=O)O)cc32)n1. The number of thiazole rings is 1. The number of carboxylic acid groups (broad SMARTS) is 1. The lowest BCUT2D eigenvalue weighted by Crippen LogP contribution is -2.02. The molecule has 0 fully saturated rings. The molecule has 0 bridgehead atoms. The number of carbonyl (C=O) groups is 1. The summed E-state index contributed by atoms with van der Waals surface area (Å²) in [5.74, 6) is -0.959. The molecule has 2 heterocycles. The molecular weight excluding hydrogens is 264 g/mol. The van der Waals surface area contributed by atoms with Crippen molar-refractivity contribution in [3.8, 4) is 0 Å². The number of fused-ring (bicyclic) bond motifs is 1. The van der Waals surface area contributed by atoms with Crippen LogP contribution in [0, 0.1) is 6.92 Å². The first kappa shape index (κ1) is 11.8. The Morgan fingerprint density at radius 2 is 2.32 bits per heavy atom. The summed E-state index contributed by atoms with van der Waals surface area (Å²) in [4.78, 5) is 15.3. The van der Waals surface area contributed by atoms with Gasteiger partial charge in [0.2, 0.25) is 0 Å². The van der Waals surface area contributed by atoms with E-state index in [1.165, 1.54) is 6.07 Å². The first-order valence-corrected chi connectivity index (χ1v) is 6.49. The van der Waals surface area contributed by atoms with Crippen LogP contribution in [0.1, 0.15) is 21.1 Å². The minimum atomic E-state index is -0.959. The molecule has 0 aliphatic carbocycles. The van der Waals surface area contributed by atoms with Crippen molar-refractivity contribution in [1.29, 1.82) is 0 Å². The number of benzene rings is 1. The topological polar surface area (TPSA) is 80.9 Å². The third-order valence-electron chi connectivity index (χ3n) is 2.71. The number of aryl methyl sites for hydroxylation is 1. The van der Waals surface area contributed by atoms with Gasteiger partial charge in [-0.2, -0.15) is 0 Å². The van der Waals surface area contributed by atoms with Crippen LogP contribution >= 0.6 is 11.3 Å². The maximum absolute atomic E-state index is 11.0. The molecule has 6 nitrogen and oxygen atoms in total. The van der Waals surface area contributed by atoms with E-state index in [9.17, 15) is 4.79 Å². The van der Waals surface area contributed by atoms with Crippen molar-refractivity contribution in [2.45, 2.75) is 13.5 Å². The lowest BCUT2D eigenvalue weighted by molar-refractivity contribution is 0.0697. The highest BCUT2D eigenvalue weighted by atomic mass is 32.1. The van der Waals surface area contributed by atoms with Crippen molar-refractivity contribution in [3.05, 3.63) is 39.8 Å². The molecule has 0 radical (unpaired) electrons. The Bertz CT molecular complexity index is 762. The fraction of sp³-hybridized carbons (Fsp3) is 0.167. The van der Waals surface area contributed by atoms with Crippen LogP contribution in [0.4, 0.5) is 0 Å². The highest BCUT2D eigenvalue weighted by Gasteiger charge is 2.10. The van der Waals surface area contributed by atoms with Crippen molar-refractivity contribution in [2.24, 2.45) is 0 Å². The normalized spacial score (nSPS) is 11.0. The molecule has 0 atom stereocenters. The van der Waals surface area contributed by atoms with E-state index in [1.54, 1.807) is 28.2 Å². The zero-order chi connectivity index (χ0) is 13.4. The molecule has 0 aliphatic heterocycles. The average Bonchev–Trinajstić information content (AvgIpc) is 2.96. The molecule has 0 spiro atoms. The predicted octanol–water partition coefficient (Wildman–Crippen LogP) is 1.94. The Balaban J connectivity index is 2.03. The van der Waals surface area contributed by atoms with Crippen LogP contribution < -0.4 is 0 Å². The van der Waals surface area contributed by atoms with E-state index in [0.29, 0.717) is 17.6 Å². The van der Waals surface area contributed by atoms with Crippen LogP contribution in [-0.4, -0.2) is 31.1 Å². The first-order valence-electron chi connectivity index (χ1n) is 5.61. The van der Waals surface area contributed by atoms with Crippen LogP contribution in [-0.2, 0) is 6.54 Å². The van der Waals surface area contributed by atoms with E-state index < -0.39 is 5.97 Å². The zero-order valence-electron chi connectivity index (χ0n) is 10.1. The molecule has 0 unspecified atom stereocenters. The van der Waals surface area contributed by atoms with Crippen molar-refractivity contribution < 1.29 is 9.90 Å². The molecule has 0 aliphatic rings. The molecular formula is C12H10N4O2S. The van der Waals surface area contributed by atoms with E-state index in [-0.39, 0.29) is 5.56 Å². The van der Waals surface area contributed by atoms with Crippen LogP contribution in [0.2, 0.25) is 0 Å². The Morgan fingerprint density at radius 1 is 1.47 bits per heavy atom. The molecule has 19 heavy (non-hydrogen) atoms. The molecule has 7 heteroatoms. The summed E-state index contributed by atoms with van der Waals surface area (Å²) in [6.07, 6.45) is 0. The zero-order valence-corrected chi connectivity index (χ0v) is 10.9. The highest BCUT2D eigenvalue weighted by molar-refractivity contribution is 7.09. The summed E-state index contributed by atoms with van der Waals surface area (Å²) in [6.45, 7) is 2.43. The van der Waals surface area contributed by atoms with E-state index >= 15 is 0 Å². The van der Waals surface area contributed by atoms with Gasteiger partial charge in [-0.05, 0) is 25.1 Å². The molecule has 0 saturated carbocycles. The molecule has 96 valence electrons. The van der Waals surface area contributed by atoms with Crippen LogP contribution in [0.5, 0.6) is 0 Å². The van der Waals surface area contributed by atoms with Gasteiger partial charge in [-0.3, -0.25) is 0 Å². The maximum atomic E-state index is 11.0. The van der Waals surface area contributed by atoms with E-state index in [0.717, 1.165) is 10.7 Å². The second kappa shape index (κ2) is 4.43. The Kier molecular flexibility index (Phi) is 2.75. The summed E-state index contributed by atoms with van der Waals surface area (Å²) in [5.41, 5.74) is 2.58. The summed E-state index contributed by atoms with van der Waals surface area (Å²) >= 11 is 1.55. The summed E-state index contributed by atoms with van der Waals surface area (Å²) in [5, 5.41) is 20.0. The van der Waals surface area contributed by atoms with Gasteiger partial charge in [-0.15, -0.1) is 16.4 Å². The van der Waals surface area contributed by atoms with E-state index in [2.05, 4.69) is 15.3 Å². The van der Waals surface area contributed by atoms with Gasteiger partial charge >= 0.3 is 5.97 Å². The minimum absolute atomic E-state index is 0.228. The third-order valence-corrected chi connectivity index (χ3v) is 3.66. The minimum Gasteiger partial charge on any atom is -0.478 e. The fourth-order valence-electron chi connectivity index (χ4n) is 1.82. The Labute approximate surface area is 112 Å². The number of nitrogens with zero attached hydrogens (tertiary/aromatic N) is 4. The van der Waals surface area contributed by atoms with Crippen molar-refractivity contribution in [3.63, 3.8) is 0 Å². The maximum Gasteiger partial charge on any atom is 0.335 e. The standard InChI is InChI=1S/C12H10N4O2S/c1-7-6-19-11(13-7)5-16-10-4-8(12(17)18)2-3-9(10)14-15-16/h2-4,6H,5H2,1H3,(H,17,18). The average molecular weight is 274 g/mol. The monoisotopic (exact) mass is 274 g/mol. The number of hydrogen-bond acceptors (Lipinski definition) is 5. The lowest BCUT2D eigenvalue weighted by atomic mass is 10.2. The summed E-state index contributed by atoms with van der Waals surface area (Å²) in [7, 11) is 0. The molecule has 2 aromatic heterocycles. The molecule has 3 rings (SSSR count). The van der Waals surface area contributed by atoms with Crippen molar-refractivity contribution in [1.82, 2.24) is 20.0 Å². The number of carboxylic acids is 1. The van der Waals surface area contributed by atoms with E-state index in [4.69, 9.17) is 5.11 Å². The van der Waals surface area contributed by atoms with Gasteiger partial charge in [0.15, 0.2) is 0 Å². The molecule has 1 N–H and O–H groups in total. The fourth-order valence-corrected chi connectivity index (χ4v) is 2.57. The molecule has 1 aromatic carbocycles.